The number of aromatic hydroxyl groups is 2. The first-order chi connectivity index (χ1) is 17.9. The number of benzene rings is 4. The summed E-state index contributed by atoms with van der Waals surface area (Å²) in [4.78, 5) is 2.07. The standard InChI is InChI=1S/C30H26FNO3S2/c31-22-12-9-19(10-13-22)26(34)15-16-28-29(32(30(36)37-28)23-6-2-1-3-7-23)25-14-11-21(18-27(25)35)20-5-4-8-24(33)17-20/h1-14,17-18,26,28-29,33-35H,15-16H2. The van der Waals surface area contributed by atoms with Crippen molar-refractivity contribution in [2.45, 2.75) is 30.2 Å². The van der Waals surface area contributed by atoms with Crippen molar-refractivity contribution < 1.29 is 19.7 Å². The average Bonchev–Trinajstić information content (AvgIpc) is 3.23. The number of thioether (sulfide) groups is 1. The molecule has 3 unspecified atom stereocenters. The fraction of sp³-hybridized carbons (Fsp3) is 0.167. The monoisotopic (exact) mass is 531 g/mol. The molecule has 188 valence electrons. The molecule has 3 atom stereocenters. The average molecular weight is 532 g/mol. The fourth-order valence-corrected chi connectivity index (χ4v) is 6.61. The van der Waals surface area contributed by atoms with Gasteiger partial charge in [-0.1, -0.05) is 78.6 Å². The van der Waals surface area contributed by atoms with E-state index in [1.807, 2.05) is 48.5 Å². The molecular formula is C30H26FNO3S2. The van der Waals surface area contributed by atoms with E-state index < -0.39 is 6.10 Å². The second-order valence-corrected chi connectivity index (χ2v) is 10.9. The van der Waals surface area contributed by atoms with Crippen molar-refractivity contribution in [3.63, 3.8) is 0 Å². The lowest BCUT2D eigenvalue weighted by atomic mass is 9.93. The maximum atomic E-state index is 13.3. The minimum atomic E-state index is -0.733. The maximum absolute atomic E-state index is 13.3. The molecule has 1 aliphatic heterocycles. The lowest BCUT2D eigenvalue weighted by Crippen LogP contribution is -2.29. The molecule has 1 saturated heterocycles. The molecule has 1 fully saturated rings. The van der Waals surface area contributed by atoms with Crippen molar-refractivity contribution in [1.82, 2.24) is 0 Å². The third-order valence-corrected chi connectivity index (χ3v) is 8.30. The van der Waals surface area contributed by atoms with E-state index in [1.54, 1.807) is 48.2 Å². The zero-order valence-corrected chi connectivity index (χ0v) is 21.5. The minimum Gasteiger partial charge on any atom is -0.508 e. The molecule has 0 bridgehead atoms. The molecule has 4 aromatic carbocycles. The van der Waals surface area contributed by atoms with Gasteiger partial charge in [-0.2, -0.15) is 0 Å². The second kappa shape index (κ2) is 10.9. The highest BCUT2D eigenvalue weighted by atomic mass is 32.2. The highest BCUT2D eigenvalue weighted by Gasteiger charge is 2.41. The van der Waals surface area contributed by atoms with E-state index in [0.717, 1.165) is 22.4 Å². The van der Waals surface area contributed by atoms with Crippen LogP contribution in [-0.4, -0.2) is 24.9 Å². The van der Waals surface area contributed by atoms with Crippen LogP contribution in [0.25, 0.3) is 11.1 Å². The molecule has 0 amide bonds. The van der Waals surface area contributed by atoms with Crippen molar-refractivity contribution in [3.05, 3.63) is 114 Å². The van der Waals surface area contributed by atoms with Gasteiger partial charge in [0.1, 0.15) is 21.6 Å². The van der Waals surface area contributed by atoms with Crippen LogP contribution in [0.15, 0.2) is 97.1 Å². The molecule has 1 aliphatic rings. The first kappa shape index (κ1) is 25.3. The molecule has 0 spiro atoms. The zero-order valence-electron chi connectivity index (χ0n) is 19.9. The van der Waals surface area contributed by atoms with Gasteiger partial charge in [-0.15, -0.1) is 0 Å². The number of hydrogen-bond donors (Lipinski definition) is 3. The van der Waals surface area contributed by atoms with Crippen LogP contribution >= 0.6 is 24.0 Å². The van der Waals surface area contributed by atoms with Gasteiger partial charge < -0.3 is 20.2 Å². The topological polar surface area (TPSA) is 63.9 Å². The molecular weight excluding hydrogens is 505 g/mol. The minimum absolute atomic E-state index is 0.0275. The zero-order chi connectivity index (χ0) is 25.9. The molecule has 5 rings (SSSR count). The summed E-state index contributed by atoms with van der Waals surface area (Å²) in [5, 5.41) is 31.8. The Balaban J connectivity index is 1.46. The lowest BCUT2D eigenvalue weighted by Gasteiger charge is -2.30. The lowest BCUT2D eigenvalue weighted by molar-refractivity contribution is 0.163. The Morgan fingerprint density at radius 1 is 0.865 bits per heavy atom. The summed E-state index contributed by atoms with van der Waals surface area (Å²) in [5.41, 5.74) is 3.93. The highest BCUT2D eigenvalue weighted by molar-refractivity contribution is 8.24. The van der Waals surface area contributed by atoms with E-state index in [1.165, 1.54) is 12.1 Å². The van der Waals surface area contributed by atoms with Crippen LogP contribution in [0.4, 0.5) is 10.1 Å². The van der Waals surface area contributed by atoms with E-state index in [2.05, 4.69) is 4.90 Å². The molecule has 0 saturated carbocycles. The highest BCUT2D eigenvalue weighted by Crippen LogP contribution is 2.49. The van der Waals surface area contributed by atoms with Crippen molar-refractivity contribution in [2.75, 3.05) is 4.90 Å². The number of phenols is 2. The number of hydrogen-bond acceptors (Lipinski definition) is 5. The predicted molar refractivity (Wildman–Crippen MR) is 151 cm³/mol. The molecule has 4 nitrogen and oxygen atoms in total. The van der Waals surface area contributed by atoms with Crippen molar-refractivity contribution in [1.29, 1.82) is 0 Å². The number of aliphatic hydroxyl groups is 1. The number of nitrogens with zero attached hydrogens (tertiary/aromatic N) is 1. The molecule has 0 aliphatic carbocycles. The number of para-hydroxylation sites is 1. The number of halogens is 1. The van der Waals surface area contributed by atoms with Crippen LogP contribution in [0.3, 0.4) is 0 Å². The van der Waals surface area contributed by atoms with E-state index in [0.29, 0.717) is 22.7 Å². The molecule has 1 heterocycles. The van der Waals surface area contributed by atoms with Crippen molar-refractivity contribution in [2.24, 2.45) is 0 Å². The van der Waals surface area contributed by atoms with Gasteiger partial charge in [-0.3, -0.25) is 0 Å². The smallest absolute Gasteiger partial charge is 0.141 e. The van der Waals surface area contributed by atoms with Gasteiger partial charge in [-0.25, -0.2) is 4.39 Å². The van der Waals surface area contributed by atoms with Crippen LogP contribution in [0.2, 0.25) is 0 Å². The number of rotatable bonds is 7. The third-order valence-electron chi connectivity index (χ3n) is 6.62. The largest absolute Gasteiger partial charge is 0.508 e. The summed E-state index contributed by atoms with van der Waals surface area (Å²) >= 11 is 7.36. The van der Waals surface area contributed by atoms with Gasteiger partial charge in [0, 0.05) is 16.5 Å². The van der Waals surface area contributed by atoms with Gasteiger partial charge in [-0.05, 0) is 72.0 Å². The normalized spacial score (nSPS) is 18.2. The van der Waals surface area contributed by atoms with Gasteiger partial charge in [0.15, 0.2) is 0 Å². The number of phenolic OH excluding ortho intramolecular Hbond substituents is 2. The number of aliphatic hydroxyl groups excluding tert-OH is 1. The van der Waals surface area contributed by atoms with E-state index in [9.17, 15) is 19.7 Å². The Bertz CT molecular complexity index is 1400. The summed E-state index contributed by atoms with van der Waals surface area (Å²) in [5.74, 6) is -0.0364. The van der Waals surface area contributed by atoms with Gasteiger partial charge >= 0.3 is 0 Å². The molecule has 7 heteroatoms. The molecule has 0 radical (unpaired) electrons. The number of thiocarbonyl (C=S) groups is 1. The Labute approximate surface area is 225 Å². The first-order valence-electron chi connectivity index (χ1n) is 12.0. The summed E-state index contributed by atoms with van der Waals surface area (Å²) in [6.07, 6.45) is 0.362. The van der Waals surface area contributed by atoms with Crippen molar-refractivity contribution >= 4 is 34.0 Å². The van der Waals surface area contributed by atoms with Gasteiger partial charge in [0.25, 0.3) is 0 Å². The van der Waals surface area contributed by atoms with Crippen molar-refractivity contribution in [3.8, 4) is 22.6 Å². The fourth-order valence-electron chi connectivity index (χ4n) is 4.77. The van der Waals surface area contributed by atoms with E-state index in [4.69, 9.17) is 12.2 Å². The van der Waals surface area contributed by atoms with E-state index >= 15 is 0 Å². The second-order valence-electron chi connectivity index (χ2n) is 9.04. The Morgan fingerprint density at radius 2 is 1.59 bits per heavy atom. The first-order valence-corrected chi connectivity index (χ1v) is 13.3. The van der Waals surface area contributed by atoms with E-state index in [-0.39, 0.29) is 28.6 Å². The summed E-state index contributed by atoms with van der Waals surface area (Å²) in [6, 6.07) is 28.0. The van der Waals surface area contributed by atoms with Crippen LogP contribution in [0.1, 0.15) is 36.1 Å². The summed E-state index contributed by atoms with van der Waals surface area (Å²) in [6.45, 7) is 0. The maximum Gasteiger partial charge on any atom is 0.141 e. The molecule has 4 aromatic rings. The third kappa shape index (κ3) is 5.49. The SMILES string of the molecule is Oc1cccc(-c2ccc(C3C(CCC(O)c4ccc(F)cc4)SC(=S)N3c3ccccc3)c(O)c2)c1. The van der Waals surface area contributed by atoms with Crippen LogP contribution in [0, 0.1) is 5.82 Å². The summed E-state index contributed by atoms with van der Waals surface area (Å²) < 4.78 is 14.0. The van der Waals surface area contributed by atoms with Crippen LogP contribution in [0.5, 0.6) is 11.5 Å². The van der Waals surface area contributed by atoms with Gasteiger partial charge in [0.2, 0.25) is 0 Å². The molecule has 0 aromatic heterocycles. The van der Waals surface area contributed by atoms with Crippen LogP contribution < -0.4 is 4.90 Å². The Morgan fingerprint density at radius 3 is 2.30 bits per heavy atom. The van der Waals surface area contributed by atoms with Gasteiger partial charge in [0.05, 0.1) is 12.1 Å². The summed E-state index contributed by atoms with van der Waals surface area (Å²) in [7, 11) is 0. The number of anilines is 1. The Kier molecular flexibility index (Phi) is 7.46. The predicted octanol–water partition coefficient (Wildman–Crippen LogP) is 7.37. The molecule has 3 N–H and O–H groups in total. The van der Waals surface area contributed by atoms with Crippen LogP contribution in [-0.2, 0) is 0 Å². The quantitative estimate of drug-likeness (QED) is 0.217. The molecule has 37 heavy (non-hydrogen) atoms. The Hall–Kier alpha value is -3.39.